The quantitative estimate of drug-likeness (QED) is 0.778. The molecular formula is C21H24FN3O2S. The van der Waals surface area contributed by atoms with Gasteiger partial charge < -0.3 is 15.1 Å². The van der Waals surface area contributed by atoms with E-state index in [-0.39, 0.29) is 22.9 Å². The van der Waals surface area contributed by atoms with E-state index in [1.807, 2.05) is 47.1 Å². The summed E-state index contributed by atoms with van der Waals surface area (Å²) in [5.74, 6) is -0.253. The molecule has 1 saturated heterocycles. The Morgan fingerprint density at radius 1 is 1.04 bits per heavy atom. The van der Waals surface area contributed by atoms with Gasteiger partial charge in [0.1, 0.15) is 5.82 Å². The first-order valence-electron chi connectivity index (χ1n) is 9.26. The summed E-state index contributed by atoms with van der Waals surface area (Å²) in [5.41, 5.74) is 1.33. The van der Waals surface area contributed by atoms with Crippen molar-refractivity contribution in [2.45, 2.75) is 24.0 Å². The van der Waals surface area contributed by atoms with Crippen LogP contribution in [0.5, 0.6) is 0 Å². The maximum absolute atomic E-state index is 13.9. The van der Waals surface area contributed by atoms with Crippen molar-refractivity contribution < 1.29 is 14.0 Å². The molecule has 1 unspecified atom stereocenters. The van der Waals surface area contributed by atoms with Gasteiger partial charge in [-0.1, -0.05) is 12.1 Å². The lowest BCUT2D eigenvalue weighted by atomic mass is 10.2. The maximum atomic E-state index is 13.9. The highest BCUT2D eigenvalue weighted by molar-refractivity contribution is 8.00. The molecule has 2 amide bonds. The van der Waals surface area contributed by atoms with E-state index in [1.165, 1.54) is 24.8 Å². The Bertz CT molecular complexity index is 836. The SMILES string of the molecule is CC(=O)Nc1ccc(SC(C)C(=O)N2CCN(c3ccccc3F)CC2)cc1. The van der Waals surface area contributed by atoms with Crippen molar-refractivity contribution in [1.82, 2.24) is 4.90 Å². The van der Waals surface area contributed by atoms with Gasteiger partial charge in [0.15, 0.2) is 0 Å². The van der Waals surface area contributed by atoms with E-state index in [0.29, 0.717) is 31.9 Å². The van der Waals surface area contributed by atoms with Gasteiger partial charge in [-0.05, 0) is 43.3 Å². The number of para-hydroxylation sites is 1. The van der Waals surface area contributed by atoms with Crippen LogP contribution in [0.3, 0.4) is 0 Å². The van der Waals surface area contributed by atoms with E-state index < -0.39 is 0 Å². The van der Waals surface area contributed by atoms with Gasteiger partial charge in [-0.15, -0.1) is 11.8 Å². The molecule has 1 N–H and O–H groups in total. The average molecular weight is 402 g/mol. The van der Waals surface area contributed by atoms with Gasteiger partial charge in [-0.25, -0.2) is 4.39 Å². The number of carbonyl (C=O) groups excluding carboxylic acids is 2. The zero-order valence-corrected chi connectivity index (χ0v) is 16.8. The number of hydrogen-bond acceptors (Lipinski definition) is 4. The lowest BCUT2D eigenvalue weighted by molar-refractivity contribution is -0.130. The molecule has 0 aromatic heterocycles. The van der Waals surface area contributed by atoms with Gasteiger partial charge in [0.05, 0.1) is 10.9 Å². The first-order chi connectivity index (χ1) is 13.4. The van der Waals surface area contributed by atoms with Crippen LogP contribution in [0.2, 0.25) is 0 Å². The number of amides is 2. The van der Waals surface area contributed by atoms with Crippen LogP contribution in [0, 0.1) is 5.82 Å². The van der Waals surface area contributed by atoms with Crippen LogP contribution >= 0.6 is 11.8 Å². The van der Waals surface area contributed by atoms with Crippen molar-refractivity contribution in [3.8, 4) is 0 Å². The summed E-state index contributed by atoms with van der Waals surface area (Å²) in [6.45, 7) is 5.78. The third kappa shape index (κ3) is 5.04. The zero-order valence-electron chi connectivity index (χ0n) is 16.0. The Morgan fingerprint density at radius 2 is 1.68 bits per heavy atom. The number of anilines is 2. The minimum atomic E-state index is -0.228. The normalized spacial score (nSPS) is 15.2. The van der Waals surface area contributed by atoms with Crippen molar-refractivity contribution in [3.63, 3.8) is 0 Å². The molecule has 0 radical (unpaired) electrons. The van der Waals surface area contributed by atoms with Gasteiger partial charge in [0, 0.05) is 43.7 Å². The van der Waals surface area contributed by atoms with Crippen LogP contribution in [0.1, 0.15) is 13.8 Å². The summed E-state index contributed by atoms with van der Waals surface area (Å²) in [6, 6.07) is 14.2. The van der Waals surface area contributed by atoms with Gasteiger partial charge >= 0.3 is 0 Å². The molecule has 1 atom stereocenters. The lowest BCUT2D eigenvalue weighted by Gasteiger charge is -2.37. The smallest absolute Gasteiger partial charge is 0.235 e. The molecular weight excluding hydrogens is 377 g/mol. The maximum Gasteiger partial charge on any atom is 0.235 e. The molecule has 0 bridgehead atoms. The number of nitrogens with one attached hydrogen (secondary N) is 1. The molecule has 1 fully saturated rings. The lowest BCUT2D eigenvalue weighted by Crippen LogP contribution is -2.50. The number of piperazine rings is 1. The molecule has 28 heavy (non-hydrogen) atoms. The molecule has 0 aliphatic carbocycles. The van der Waals surface area contributed by atoms with E-state index in [0.717, 1.165) is 10.6 Å². The van der Waals surface area contributed by atoms with Crippen molar-refractivity contribution in [3.05, 3.63) is 54.3 Å². The average Bonchev–Trinajstić information content (AvgIpc) is 2.69. The Kier molecular flexibility index (Phi) is 6.57. The second-order valence-corrected chi connectivity index (χ2v) is 8.14. The van der Waals surface area contributed by atoms with Crippen LogP contribution in [0.15, 0.2) is 53.4 Å². The van der Waals surface area contributed by atoms with Crippen LogP contribution in [-0.4, -0.2) is 48.1 Å². The highest BCUT2D eigenvalue weighted by atomic mass is 32.2. The van der Waals surface area contributed by atoms with Crippen molar-refractivity contribution in [1.29, 1.82) is 0 Å². The third-order valence-electron chi connectivity index (χ3n) is 4.62. The van der Waals surface area contributed by atoms with Gasteiger partial charge in [-0.2, -0.15) is 0 Å². The predicted molar refractivity (Wildman–Crippen MR) is 111 cm³/mol. The fourth-order valence-corrected chi connectivity index (χ4v) is 4.16. The van der Waals surface area contributed by atoms with Crippen LogP contribution in [-0.2, 0) is 9.59 Å². The minimum absolute atomic E-state index is 0.0871. The summed E-state index contributed by atoms with van der Waals surface area (Å²) >= 11 is 1.50. The highest BCUT2D eigenvalue weighted by Crippen LogP contribution is 2.27. The topological polar surface area (TPSA) is 52.7 Å². The molecule has 0 saturated carbocycles. The first-order valence-corrected chi connectivity index (χ1v) is 10.1. The number of nitrogens with zero attached hydrogens (tertiary/aromatic N) is 2. The van der Waals surface area contributed by atoms with Crippen LogP contribution < -0.4 is 10.2 Å². The highest BCUT2D eigenvalue weighted by Gasteiger charge is 2.26. The third-order valence-corrected chi connectivity index (χ3v) is 5.72. The monoisotopic (exact) mass is 401 g/mol. The van der Waals surface area contributed by atoms with Gasteiger partial charge in [0.25, 0.3) is 0 Å². The van der Waals surface area contributed by atoms with Crippen LogP contribution in [0.4, 0.5) is 15.8 Å². The molecule has 2 aromatic rings. The Labute approximate surface area is 168 Å². The van der Waals surface area contributed by atoms with E-state index >= 15 is 0 Å². The summed E-state index contributed by atoms with van der Waals surface area (Å²) < 4.78 is 13.9. The summed E-state index contributed by atoms with van der Waals surface area (Å²) in [5, 5.41) is 2.51. The molecule has 1 aliphatic rings. The molecule has 0 spiro atoms. The minimum Gasteiger partial charge on any atom is -0.366 e. The number of carbonyl (C=O) groups is 2. The van der Waals surface area contributed by atoms with Crippen molar-refractivity contribution in [2.24, 2.45) is 0 Å². The summed E-state index contributed by atoms with van der Waals surface area (Å²) in [7, 11) is 0. The largest absolute Gasteiger partial charge is 0.366 e. The fraction of sp³-hybridized carbons (Fsp3) is 0.333. The van der Waals surface area contributed by atoms with Crippen molar-refractivity contribution in [2.75, 3.05) is 36.4 Å². The number of rotatable bonds is 5. The molecule has 1 aliphatic heterocycles. The Balaban J connectivity index is 1.53. The summed E-state index contributed by atoms with van der Waals surface area (Å²) in [6.07, 6.45) is 0. The van der Waals surface area contributed by atoms with Crippen LogP contribution in [0.25, 0.3) is 0 Å². The molecule has 1 heterocycles. The number of hydrogen-bond donors (Lipinski definition) is 1. The standard InChI is InChI=1S/C21H24FN3O2S/c1-15(28-18-9-7-17(8-10-18)23-16(2)26)21(27)25-13-11-24(12-14-25)20-6-4-3-5-19(20)22/h3-10,15H,11-14H2,1-2H3,(H,23,26). The van der Waals surface area contributed by atoms with E-state index in [9.17, 15) is 14.0 Å². The summed E-state index contributed by atoms with van der Waals surface area (Å²) in [4.78, 5) is 28.7. The molecule has 3 rings (SSSR count). The second kappa shape index (κ2) is 9.10. The van der Waals surface area contributed by atoms with Gasteiger partial charge in [-0.3, -0.25) is 9.59 Å². The van der Waals surface area contributed by atoms with E-state index in [4.69, 9.17) is 0 Å². The second-order valence-electron chi connectivity index (χ2n) is 6.73. The molecule has 148 valence electrons. The Morgan fingerprint density at radius 3 is 2.29 bits per heavy atom. The van der Waals surface area contributed by atoms with E-state index in [2.05, 4.69) is 5.32 Å². The van der Waals surface area contributed by atoms with E-state index in [1.54, 1.807) is 12.1 Å². The first kappa shape index (κ1) is 20.2. The Hall–Kier alpha value is -2.54. The number of halogens is 1. The molecule has 7 heteroatoms. The number of thioether (sulfide) groups is 1. The number of benzene rings is 2. The van der Waals surface area contributed by atoms with Crippen molar-refractivity contribution >= 4 is 35.0 Å². The van der Waals surface area contributed by atoms with Gasteiger partial charge in [0.2, 0.25) is 11.8 Å². The fourth-order valence-electron chi connectivity index (χ4n) is 3.21. The molecule has 2 aromatic carbocycles. The zero-order chi connectivity index (χ0) is 20.1. The predicted octanol–water partition coefficient (Wildman–Crippen LogP) is 3.61. The molecule has 5 nitrogen and oxygen atoms in total.